The molecule has 118 valence electrons. The number of carbonyl (C=O) groups excluding carboxylic acids is 1. The van der Waals surface area contributed by atoms with E-state index in [1.54, 1.807) is 0 Å². The van der Waals surface area contributed by atoms with Crippen molar-refractivity contribution in [2.75, 3.05) is 19.8 Å². The van der Waals surface area contributed by atoms with Gasteiger partial charge < -0.3 is 14.2 Å². The number of rotatable bonds is 8. The fraction of sp³-hybridized carbons (Fsp3) is 0.938. The van der Waals surface area contributed by atoms with Crippen LogP contribution in [0.3, 0.4) is 0 Å². The van der Waals surface area contributed by atoms with Crippen LogP contribution in [0.5, 0.6) is 0 Å². The molecule has 20 heavy (non-hydrogen) atoms. The predicted octanol–water partition coefficient (Wildman–Crippen LogP) is 3.68. The fourth-order valence-electron chi connectivity index (χ4n) is 2.09. The summed E-state index contributed by atoms with van der Waals surface area (Å²) in [4.78, 5) is 12.1. The van der Waals surface area contributed by atoms with Gasteiger partial charge in [-0.15, -0.1) is 0 Å². The van der Waals surface area contributed by atoms with Gasteiger partial charge in [0, 0.05) is 0 Å². The molecule has 0 unspecified atom stereocenters. The number of hydrogen-bond acceptors (Lipinski definition) is 4. The lowest BCUT2D eigenvalue weighted by molar-refractivity contribution is -0.281. The molecule has 0 radical (unpaired) electrons. The molecule has 1 fully saturated rings. The van der Waals surface area contributed by atoms with Gasteiger partial charge in [-0.2, -0.15) is 0 Å². The van der Waals surface area contributed by atoms with Crippen LogP contribution >= 0.6 is 0 Å². The first-order valence-electron chi connectivity index (χ1n) is 7.85. The Morgan fingerprint density at radius 3 is 2.15 bits per heavy atom. The number of esters is 1. The highest BCUT2D eigenvalue weighted by Crippen LogP contribution is 2.30. The third-order valence-electron chi connectivity index (χ3n) is 3.70. The minimum absolute atomic E-state index is 0.207. The summed E-state index contributed by atoms with van der Waals surface area (Å²) in [5, 5.41) is 0. The standard InChI is InChI=1S/C16H30O4/c1-5-6-7-8-9-10-11-18-14(17)16(4)12-19-15(2,3)20-13-16/h5-13H2,1-4H3. The van der Waals surface area contributed by atoms with Crippen molar-refractivity contribution in [1.82, 2.24) is 0 Å². The first kappa shape index (κ1) is 17.4. The minimum Gasteiger partial charge on any atom is -0.465 e. The van der Waals surface area contributed by atoms with Crippen LogP contribution in [0.4, 0.5) is 0 Å². The van der Waals surface area contributed by atoms with Crippen molar-refractivity contribution in [3.63, 3.8) is 0 Å². The van der Waals surface area contributed by atoms with Gasteiger partial charge in [-0.05, 0) is 27.2 Å². The van der Waals surface area contributed by atoms with Crippen LogP contribution in [0.25, 0.3) is 0 Å². The molecule has 0 aromatic rings. The maximum absolute atomic E-state index is 12.1. The Morgan fingerprint density at radius 2 is 1.55 bits per heavy atom. The Kier molecular flexibility index (Phi) is 6.96. The lowest BCUT2D eigenvalue weighted by atomic mass is 9.92. The second kappa shape index (κ2) is 7.99. The summed E-state index contributed by atoms with van der Waals surface area (Å²) < 4.78 is 16.5. The van der Waals surface area contributed by atoms with Crippen LogP contribution in [0, 0.1) is 5.41 Å². The van der Waals surface area contributed by atoms with E-state index in [9.17, 15) is 4.79 Å². The van der Waals surface area contributed by atoms with Gasteiger partial charge >= 0.3 is 5.97 Å². The molecule has 0 aliphatic carbocycles. The van der Waals surface area contributed by atoms with Gasteiger partial charge in [-0.25, -0.2) is 0 Å². The van der Waals surface area contributed by atoms with E-state index in [1.807, 2.05) is 20.8 Å². The van der Waals surface area contributed by atoms with Crippen molar-refractivity contribution < 1.29 is 19.0 Å². The van der Waals surface area contributed by atoms with Gasteiger partial charge in [-0.3, -0.25) is 4.79 Å². The van der Waals surface area contributed by atoms with Crippen molar-refractivity contribution in [2.45, 2.75) is 72.0 Å². The van der Waals surface area contributed by atoms with Crippen molar-refractivity contribution in [1.29, 1.82) is 0 Å². The summed E-state index contributed by atoms with van der Waals surface area (Å²) in [6.45, 7) is 8.97. The molecule has 0 bridgehead atoms. The maximum Gasteiger partial charge on any atom is 0.316 e. The third kappa shape index (κ3) is 5.80. The Hall–Kier alpha value is -0.610. The molecule has 0 amide bonds. The van der Waals surface area contributed by atoms with E-state index in [1.165, 1.54) is 25.7 Å². The molecule has 1 aliphatic rings. The van der Waals surface area contributed by atoms with Crippen LogP contribution in [0.1, 0.15) is 66.2 Å². The van der Waals surface area contributed by atoms with E-state index in [2.05, 4.69) is 6.92 Å². The highest BCUT2D eigenvalue weighted by molar-refractivity contribution is 5.76. The summed E-state index contributed by atoms with van der Waals surface area (Å²) in [5.41, 5.74) is -0.669. The van der Waals surface area contributed by atoms with Gasteiger partial charge in [0.05, 0.1) is 19.8 Å². The zero-order valence-electron chi connectivity index (χ0n) is 13.5. The van der Waals surface area contributed by atoms with Crippen LogP contribution in [0.2, 0.25) is 0 Å². The lowest BCUT2D eigenvalue weighted by Crippen LogP contribution is -2.49. The molecule has 1 rings (SSSR count). The molecule has 4 nitrogen and oxygen atoms in total. The number of carbonyl (C=O) groups is 1. The van der Waals surface area contributed by atoms with Crippen molar-refractivity contribution >= 4 is 5.97 Å². The van der Waals surface area contributed by atoms with E-state index in [-0.39, 0.29) is 5.97 Å². The third-order valence-corrected chi connectivity index (χ3v) is 3.70. The molecule has 1 aliphatic heterocycles. The molecule has 0 N–H and O–H groups in total. The molecule has 0 aromatic carbocycles. The zero-order valence-corrected chi connectivity index (χ0v) is 13.5. The van der Waals surface area contributed by atoms with E-state index in [0.717, 1.165) is 12.8 Å². The van der Waals surface area contributed by atoms with Gasteiger partial charge in [0.25, 0.3) is 0 Å². The summed E-state index contributed by atoms with van der Waals surface area (Å²) >= 11 is 0. The van der Waals surface area contributed by atoms with E-state index >= 15 is 0 Å². The fourth-order valence-corrected chi connectivity index (χ4v) is 2.09. The average molecular weight is 286 g/mol. The Balaban J connectivity index is 2.16. The van der Waals surface area contributed by atoms with Gasteiger partial charge in [0.15, 0.2) is 5.79 Å². The Morgan fingerprint density at radius 1 is 1.00 bits per heavy atom. The molecule has 0 saturated carbocycles. The van der Waals surface area contributed by atoms with Crippen LogP contribution in [-0.4, -0.2) is 31.6 Å². The molecule has 0 spiro atoms. The van der Waals surface area contributed by atoms with Gasteiger partial charge in [0.1, 0.15) is 5.41 Å². The topological polar surface area (TPSA) is 44.8 Å². The number of ether oxygens (including phenoxy) is 3. The largest absolute Gasteiger partial charge is 0.465 e. The van der Waals surface area contributed by atoms with Gasteiger partial charge in [0.2, 0.25) is 0 Å². The monoisotopic (exact) mass is 286 g/mol. The van der Waals surface area contributed by atoms with E-state index in [0.29, 0.717) is 19.8 Å². The maximum atomic E-state index is 12.1. The lowest BCUT2D eigenvalue weighted by Gasteiger charge is -2.39. The van der Waals surface area contributed by atoms with E-state index < -0.39 is 11.2 Å². The van der Waals surface area contributed by atoms with Crippen LogP contribution < -0.4 is 0 Å². The summed E-state index contributed by atoms with van der Waals surface area (Å²) in [7, 11) is 0. The van der Waals surface area contributed by atoms with Crippen LogP contribution in [-0.2, 0) is 19.0 Å². The van der Waals surface area contributed by atoms with Gasteiger partial charge in [-0.1, -0.05) is 39.0 Å². The first-order valence-corrected chi connectivity index (χ1v) is 7.85. The van der Waals surface area contributed by atoms with Crippen LogP contribution in [0.15, 0.2) is 0 Å². The second-order valence-electron chi connectivity index (χ2n) is 6.44. The second-order valence-corrected chi connectivity index (χ2v) is 6.44. The molecule has 4 heteroatoms. The predicted molar refractivity (Wildman–Crippen MR) is 78.4 cm³/mol. The summed E-state index contributed by atoms with van der Waals surface area (Å²) in [5.74, 6) is -0.805. The molecule has 1 saturated heterocycles. The van der Waals surface area contributed by atoms with Crippen molar-refractivity contribution in [3.05, 3.63) is 0 Å². The van der Waals surface area contributed by atoms with Crippen molar-refractivity contribution in [2.24, 2.45) is 5.41 Å². The number of unbranched alkanes of at least 4 members (excludes halogenated alkanes) is 5. The Bertz CT molecular complexity index is 289. The smallest absolute Gasteiger partial charge is 0.316 e. The van der Waals surface area contributed by atoms with E-state index in [4.69, 9.17) is 14.2 Å². The average Bonchev–Trinajstić information content (AvgIpc) is 2.41. The molecule has 0 aromatic heterocycles. The first-order chi connectivity index (χ1) is 9.40. The molecular formula is C16H30O4. The van der Waals surface area contributed by atoms with Crippen molar-refractivity contribution in [3.8, 4) is 0 Å². The summed E-state index contributed by atoms with van der Waals surface area (Å²) in [6, 6.07) is 0. The Labute approximate surface area is 123 Å². The summed E-state index contributed by atoms with van der Waals surface area (Å²) in [6.07, 6.45) is 7.12. The highest BCUT2D eigenvalue weighted by Gasteiger charge is 2.43. The number of hydrogen-bond donors (Lipinski definition) is 0. The quantitative estimate of drug-likeness (QED) is 0.504. The molecule has 0 atom stereocenters. The molecular weight excluding hydrogens is 256 g/mol. The zero-order chi connectivity index (χ0) is 15.1. The highest BCUT2D eigenvalue weighted by atomic mass is 16.7. The SMILES string of the molecule is CCCCCCCCOC(=O)C1(C)COC(C)(C)OC1. The normalized spacial score (nSPS) is 20.6. The molecule has 1 heterocycles. The minimum atomic E-state index is -0.669.